The molecule has 0 aliphatic heterocycles. The van der Waals surface area contributed by atoms with Crippen LogP contribution < -0.4 is 20.2 Å². The number of aryl methyl sites for hydroxylation is 1. The maximum atomic E-state index is 12.6. The van der Waals surface area contributed by atoms with E-state index in [0.29, 0.717) is 33.9 Å². The lowest BCUT2D eigenvalue weighted by atomic mass is 10.1. The minimum atomic E-state index is -0.575. The maximum absolute atomic E-state index is 12.6. The number of hydrogen-bond donors (Lipinski definition) is 1. The molecule has 2 aromatic heterocycles. The molecule has 1 N–H and O–H groups in total. The van der Waals surface area contributed by atoms with Crippen molar-refractivity contribution in [3.8, 4) is 22.9 Å². The second-order valence-corrected chi connectivity index (χ2v) is 7.36. The van der Waals surface area contributed by atoms with E-state index < -0.39 is 5.91 Å². The molecule has 0 bridgehead atoms. The van der Waals surface area contributed by atoms with Gasteiger partial charge in [-0.2, -0.15) is 9.36 Å². The Hall–Kier alpha value is -3.72. The summed E-state index contributed by atoms with van der Waals surface area (Å²) in [7, 11) is 3.10. The number of ether oxygens (including phenoxy) is 2. The van der Waals surface area contributed by atoms with E-state index >= 15 is 0 Å². The first kappa shape index (κ1) is 20.5. The first-order chi connectivity index (χ1) is 15.0. The molecule has 0 fully saturated rings. The van der Waals surface area contributed by atoms with Crippen LogP contribution in [-0.4, -0.2) is 29.5 Å². The molecular weight excluding hydrogens is 418 g/mol. The third-order valence-electron chi connectivity index (χ3n) is 4.71. The molecule has 158 valence electrons. The summed E-state index contributed by atoms with van der Waals surface area (Å²) in [5.41, 5.74) is 1.81. The van der Waals surface area contributed by atoms with E-state index in [1.54, 1.807) is 44.6 Å². The minimum Gasteiger partial charge on any atom is -0.493 e. The number of nitrogens with zero attached hydrogens (tertiary/aromatic N) is 2. The van der Waals surface area contributed by atoms with E-state index in [4.69, 9.17) is 13.9 Å². The van der Waals surface area contributed by atoms with Gasteiger partial charge >= 0.3 is 0 Å². The lowest BCUT2D eigenvalue weighted by molar-refractivity contribution is 0.0997. The van der Waals surface area contributed by atoms with Crippen molar-refractivity contribution < 1.29 is 18.7 Å². The van der Waals surface area contributed by atoms with Crippen LogP contribution in [0.15, 0.2) is 51.7 Å². The summed E-state index contributed by atoms with van der Waals surface area (Å²) in [4.78, 5) is 29.4. The quantitative estimate of drug-likeness (QED) is 0.483. The second kappa shape index (κ2) is 8.57. The number of anilines is 1. The van der Waals surface area contributed by atoms with Crippen LogP contribution in [0.5, 0.6) is 11.5 Å². The smallest absolute Gasteiger partial charge is 0.293 e. The maximum Gasteiger partial charge on any atom is 0.293 e. The topological polar surface area (TPSA) is 104 Å². The van der Waals surface area contributed by atoms with E-state index in [0.717, 1.165) is 23.5 Å². The van der Waals surface area contributed by atoms with Gasteiger partial charge in [0.25, 0.3) is 5.91 Å². The third kappa shape index (κ3) is 4.13. The molecule has 4 aromatic rings. The van der Waals surface area contributed by atoms with Gasteiger partial charge in [0.15, 0.2) is 28.5 Å². The Labute approximate surface area is 181 Å². The first-order valence-corrected chi connectivity index (χ1v) is 10.2. The van der Waals surface area contributed by atoms with Crippen molar-refractivity contribution in [1.29, 1.82) is 0 Å². The van der Waals surface area contributed by atoms with Crippen LogP contribution in [0.3, 0.4) is 0 Å². The highest BCUT2D eigenvalue weighted by Crippen LogP contribution is 2.32. The predicted octanol–water partition coefficient (Wildman–Crippen LogP) is 4.14. The van der Waals surface area contributed by atoms with Crippen molar-refractivity contribution in [2.75, 3.05) is 19.5 Å². The fraction of sp³-hybridized carbons (Fsp3) is 0.182. The van der Waals surface area contributed by atoms with Gasteiger partial charge < -0.3 is 13.9 Å². The SMILES string of the molecule is CCc1ccc2oc(C(=O)Nc3nc(-c4ccc(OC)c(OC)c4)ns3)cc(=O)c2c1. The van der Waals surface area contributed by atoms with Gasteiger partial charge in [0.1, 0.15) is 5.58 Å². The molecular formula is C22H19N3O5S. The summed E-state index contributed by atoms with van der Waals surface area (Å²) >= 11 is 1.02. The predicted molar refractivity (Wildman–Crippen MR) is 118 cm³/mol. The summed E-state index contributed by atoms with van der Waals surface area (Å²) in [6.45, 7) is 2.00. The molecule has 0 radical (unpaired) electrons. The van der Waals surface area contributed by atoms with Gasteiger partial charge in [-0.3, -0.25) is 14.9 Å². The zero-order valence-corrected chi connectivity index (χ0v) is 17.9. The van der Waals surface area contributed by atoms with E-state index in [1.807, 2.05) is 13.0 Å². The number of carbonyl (C=O) groups is 1. The number of hydrogen-bond acceptors (Lipinski definition) is 8. The molecule has 0 unspecified atom stereocenters. The van der Waals surface area contributed by atoms with Crippen LogP contribution in [0.2, 0.25) is 0 Å². The highest BCUT2D eigenvalue weighted by Gasteiger charge is 2.16. The van der Waals surface area contributed by atoms with Gasteiger partial charge in [-0.25, -0.2) is 0 Å². The Balaban J connectivity index is 1.57. The second-order valence-electron chi connectivity index (χ2n) is 6.61. The van der Waals surface area contributed by atoms with Gasteiger partial charge in [-0.15, -0.1) is 0 Å². The third-order valence-corrected chi connectivity index (χ3v) is 5.34. The molecule has 9 heteroatoms. The molecule has 2 heterocycles. The molecule has 4 rings (SSSR count). The number of methoxy groups -OCH3 is 2. The Morgan fingerprint density at radius 1 is 1.10 bits per heavy atom. The zero-order chi connectivity index (χ0) is 22.0. The number of rotatable bonds is 6. The Bertz CT molecular complexity index is 1330. The van der Waals surface area contributed by atoms with Crippen LogP contribution in [-0.2, 0) is 6.42 Å². The molecule has 0 atom stereocenters. The molecule has 0 saturated heterocycles. The largest absolute Gasteiger partial charge is 0.493 e. The molecule has 8 nitrogen and oxygen atoms in total. The summed E-state index contributed by atoms with van der Waals surface area (Å²) < 4.78 is 20.4. The summed E-state index contributed by atoms with van der Waals surface area (Å²) in [6, 6.07) is 11.8. The van der Waals surface area contributed by atoms with Crippen LogP contribution in [0.4, 0.5) is 5.13 Å². The number of nitrogens with one attached hydrogen (secondary N) is 1. The van der Waals surface area contributed by atoms with Gasteiger partial charge in [0.05, 0.1) is 19.6 Å². The molecule has 0 spiro atoms. The molecule has 0 saturated carbocycles. The van der Waals surface area contributed by atoms with E-state index in [2.05, 4.69) is 14.7 Å². The summed E-state index contributed by atoms with van der Waals surface area (Å²) in [6.07, 6.45) is 0.803. The van der Waals surface area contributed by atoms with Crippen molar-refractivity contribution in [3.05, 3.63) is 64.0 Å². The average Bonchev–Trinajstić information content (AvgIpc) is 3.26. The average molecular weight is 437 g/mol. The minimum absolute atomic E-state index is 0.0929. The van der Waals surface area contributed by atoms with Crippen molar-refractivity contribution in [2.45, 2.75) is 13.3 Å². The van der Waals surface area contributed by atoms with Crippen LogP contribution in [0, 0.1) is 0 Å². The van der Waals surface area contributed by atoms with Crippen molar-refractivity contribution in [3.63, 3.8) is 0 Å². The Morgan fingerprint density at radius 2 is 1.90 bits per heavy atom. The van der Waals surface area contributed by atoms with Gasteiger partial charge in [0, 0.05) is 23.2 Å². The first-order valence-electron chi connectivity index (χ1n) is 9.46. The fourth-order valence-electron chi connectivity index (χ4n) is 3.06. The van der Waals surface area contributed by atoms with Crippen molar-refractivity contribution >= 4 is 33.5 Å². The van der Waals surface area contributed by atoms with Crippen LogP contribution in [0.1, 0.15) is 23.0 Å². The van der Waals surface area contributed by atoms with E-state index in [9.17, 15) is 9.59 Å². The number of amides is 1. The lowest BCUT2D eigenvalue weighted by Gasteiger charge is -2.07. The molecule has 31 heavy (non-hydrogen) atoms. The monoisotopic (exact) mass is 437 g/mol. The standard InChI is InChI=1S/C22H19N3O5S/c1-4-12-5-7-16-14(9-12)15(26)11-19(30-16)21(27)24-22-23-20(25-31-22)13-6-8-17(28-2)18(10-13)29-3/h5-11H,4H2,1-3H3,(H,23,24,25,27). The van der Waals surface area contributed by atoms with Gasteiger partial charge in [0.2, 0.25) is 5.13 Å². The number of benzene rings is 2. The summed E-state index contributed by atoms with van der Waals surface area (Å²) in [5.74, 6) is 0.892. The number of fused-ring (bicyclic) bond motifs is 1. The Kier molecular flexibility index (Phi) is 5.68. The lowest BCUT2D eigenvalue weighted by Crippen LogP contribution is -2.15. The van der Waals surface area contributed by atoms with Crippen molar-refractivity contribution in [1.82, 2.24) is 9.36 Å². The fourth-order valence-corrected chi connectivity index (χ4v) is 3.65. The molecule has 0 aliphatic carbocycles. The summed E-state index contributed by atoms with van der Waals surface area (Å²) in [5, 5.41) is 3.35. The van der Waals surface area contributed by atoms with Crippen molar-refractivity contribution in [2.24, 2.45) is 0 Å². The highest BCUT2D eigenvalue weighted by molar-refractivity contribution is 7.10. The normalized spacial score (nSPS) is 10.8. The van der Waals surface area contributed by atoms with Crippen LogP contribution in [0.25, 0.3) is 22.4 Å². The van der Waals surface area contributed by atoms with E-state index in [-0.39, 0.29) is 16.3 Å². The Morgan fingerprint density at radius 3 is 2.65 bits per heavy atom. The molecule has 2 aromatic carbocycles. The number of aromatic nitrogens is 2. The molecule has 1 amide bonds. The highest BCUT2D eigenvalue weighted by atomic mass is 32.1. The van der Waals surface area contributed by atoms with Gasteiger partial charge in [-0.1, -0.05) is 13.0 Å². The number of carbonyl (C=O) groups excluding carboxylic acids is 1. The zero-order valence-electron chi connectivity index (χ0n) is 17.1. The van der Waals surface area contributed by atoms with Gasteiger partial charge in [-0.05, 0) is 42.3 Å². The van der Waals surface area contributed by atoms with Crippen LogP contribution >= 0.6 is 11.5 Å². The molecule has 0 aliphatic rings. The van der Waals surface area contributed by atoms with E-state index in [1.165, 1.54) is 6.07 Å².